The molecule has 53 heavy (non-hydrogen) atoms. The highest BCUT2D eigenvalue weighted by molar-refractivity contribution is 5.85. The summed E-state index contributed by atoms with van der Waals surface area (Å²) in [5.74, 6) is 2.63. The fourth-order valence-corrected chi connectivity index (χ4v) is 8.50. The number of benzene rings is 2. The van der Waals surface area contributed by atoms with E-state index in [0.717, 1.165) is 33.4 Å². The second-order valence-electron chi connectivity index (χ2n) is 15.0. The molecule has 0 saturated carbocycles. The minimum atomic E-state index is -0.903. The molecule has 2 N–H and O–H groups in total. The maximum absolute atomic E-state index is 13.7. The first-order chi connectivity index (χ1) is 25.3. The van der Waals surface area contributed by atoms with Crippen LogP contribution in [0.3, 0.4) is 0 Å². The molecule has 6 atom stereocenters. The highest BCUT2D eigenvalue weighted by Gasteiger charge is 2.57. The smallest absolute Gasteiger partial charge is 0.408 e. The number of aryl methyl sites for hydroxylation is 1. The van der Waals surface area contributed by atoms with Crippen molar-refractivity contribution in [3.05, 3.63) is 52.1 Å². The van der Waals surface area contributed by atoms with Gasteiger partial charge in [0.25, 0.3) is 0 Å². The van der Waals surface area contributed by atoms with E-state index in [1.165, 1.54) is 0 Å². The number of hydrogen-bond donors (Lipinski definition) is 2. The topological polar surface area (TPSA) is 153 Å². The molecular formula is C39H51N5O9. The van der Waals surface area contributed by atoms with Gasteiger partial charge in [-0.05, 0) is 72.6 Å². The maximum atomic E-state index is 13.7. The Labute approximate surface area is 311 Å². The summed E-state index contributed by atoms with van der Waals surface area (Å²) in [5.41, 5.74) is 4.77. The summed E-state index contributed by atoms with van der Waals surface area (Å²) in [7, 11) is 5.27. The van der Waals surface area contributed by atoms with E-state index in [9.17, 15) is 14.9 Å². The summed E-state index contributed by atoms with van der Waals surface area (Å²) in [6, 6.07) is 2.01. The molecule has 4 aliphatic rings. The van der Waals surface area contributed by atoms with Crippen molar-refractivity contribution < 1.29 is 42.7 Å². The highest BCUT2D eigenvalue weighted by Crippen LogP contribution is 2.58. The molecular weight excluding hydrogens is 682 g/mol. The average molecular weight is 734 g/mol. The van der Waals surface area contributed by atoms with Crippen LogP contribution in [0.2, 0.25) is 0 Å². The molecule has 1 fully saturated rings. The van der Waals surface area contributed by atoms with Crippen molar-refractivity contribution in [3.8, 4) is 34.8 Å². The molecule has 2 aromatic carbocycles. The molecule has 0 unspecified atom stereocenters. The molecule has 0 spiro atoms. The van der Waals surface area contributed by atoms with Gasteiger partial charge in [0.1, 0.15) is 30.0 Å². The Morgan fingerprint density at radius 1 is 1.09 bits per heavy atom. The normalized spacial score (nSPS) is 23.4. The van der Waals surface area contributed by atoms with Gasteiger partial charge in [-0.2, -0.15) is 5.26 Å². The number of nitriles is 1. The third-order valence-electron chi connectivity index (χ3n) is 10.5. The van der Waals surface area contributed by atoms with E-state index in [-0.39, 0.29) is 44.9 Å². The number of nitrogens with one attached hydrogen (secondary N) is 2. The van der Waals surface area contributed by atoms with Crippen molar-refractivity contribution in [2.75, 3.05) is 48.0 Å². The SMILES string of the molecule is C=CCOc1c(C)c2c(c3c1C[C@H]1[C@H]4c5c(cc(C)c(OC)c5OCOC)C[C@@H]([C@H](C#N)N1[C@H]3CNC(=O)[C@H](C)NC(=O)OC(C)(C)C)N4C)OCO2. The maximum Gasteiger partial charge on any atom is 0.408 e. The van der Waals surface area contributed by atoms with Crippen LogP contribution in [0.5, 0.6) is 28.7 Å². The van der Waals surface area contributed by atoms with Gasteiger partial charge in [-0.15, -0.1) is 0 Å². The van der Waals surface area contributed by atoms with Crippen LogP contribution in [0, 0.1) is 25.2 Å². The number of nitrogens with zero attached hydrogens (tertiary/aromatic N) is 3. The van der Waals surface area contributed by atoms with E-state index in [2.05, 4.69) is 46.2 Å². The van der Waals surface area contributed by atoms with Gasteiger partial charge >= 0.3 is 6.09 Å². The lowest BCUT2D eigenvalue weighted by Gasteiger charge is -2.60. The molecule has 2 aromatic rings. The van der Waals surface area contributed by atoms with E-state index in [1.807, 2.05) is 13.8 Å². The highest BCUT2D eigenvalue weighted by atomic mass is 16.7. The van der Waals surface area contributed by atoms with Gasteiger partial charge in [-0.25, -0.2) is 4.79 Å². The predicted molar refractivity (Wildman–Crippen MR) is 195 cm³/mol. The summed E-state index contributed by atoms with van der Waals surface area (Å²) in [6.45, 7) is 15.1. The summed E-state index contributed by atoms with van der Waals surface area (Å²) < 4.78 is 41.6. The number of rotatable bonds is 11. The molecule has 1 saturated heterocycles. The third-order valence-corrected chi connectivity index (χ3v) is 10.5. The number of fused-ring (bicyclic) bond motifs is 9. The lowest BCUT2D eigenvalue weighted by atomic mass is 9.71. The number of piperazine rings is 1. The average Bonchev–Trinajstić information content (AvgIpc) is 3.59. The fourth-order valence-electron chi connectivity index (χ4n) is 8.50. The van der Waals surface area contributed by atoms with Crippen LogP contribution in [-0.4, -0.2) is 99.6 Å². The number of carbonyl (C=O) groups excluding carboxylic acids is 2. The lowest BCUT2D eigenvalue weighted by Crippen LogP contribution is -2.69. The predicted octanol–water partition coefficient (Wildman–Crippen LogP) is 4.39. The first-order valence-corrected chi connectivity index (χ1v) is 17.9. The van der Waals surface area contributed by atoms with Crippen molar-refractivity contribution in [2.24, 2.45) is 0 Å². The lowest BCUT2D eigenvalue weighted by molar-refractivity contribution is -0.123. The van der Waals surface area contributed by atoms with Gasteiger partial charge < -0.3 is 43.8 Å². The van der Waals surface area contributed by atoms with Gasteiger partial charge in [-0.3, -0.25) is 14.6 Å². The van der Waals surface area contributed by atoms with Gasteiger partial charge in [0.2, 0.25) is 12.7 Å². The van der Waals surface area contributed by atoms with E-state index in [4.69, 9.17) is 33.2 Å². The number of methoxy groups -OCH3 is 2. The van der Waals surface area contributed by atoms with Gasteiger partial charge in [0, 0.05) is 48.0 Å². The van der Waals surface area contributed by atoms with Crippen molar-refractivity contribution in [1.82, 2.24) is 20.4 Å². The van der Waals surface area contributed by atoms with Crippen molar-refractivity contribution in [3.63, 3.8) is 0 Å². The Hall–Kier alpha value is -4.71. The Morgan fingerprint density at radius 3 is 2.49 bits per heavy atom. The number of ether oxygens (including phenoxy) is 7. The summed E-state index contributed by atoms with van der Waals surface area (Å²) in [5, 5.41) is 16.7. The van der Waals surface area contributed by atoms with Crippen LogP contribution in [0.15, 0.2) is 18.7 Å². The van der Waals surface area contributed by atoms with Crippen molar-refractivity contribution in [1.29, 1.82) is 5.26 Å². The van der Waals surface area contributed by atoms with E-state index in [1.54, 1.807) is 48.0 Å². The molecule has 4 heterocycles. The Kier molecular flexibility index (Phi) is 10.7. The second-order valence-corrected chi connectivity index (χ2v) is 15.0. The van der Waals surface area contributed by atoms with Gasteiger partial charge in [0.15, 0.2) is 29.8 Å². The van der Waals surface area contributed by atoms with E-state index < -0.39 is 35.7 Å². The Morgan fingerprint density at radius 2 is 1.83 bits per heavy atom. The van der Waals surface area contributed by atoms with Crippen LogP contribution in [-0.2, 0) is 27.1 Å². The molecule has 0 aromatic heterocycles. The first kappa shape index (κ1) is 38.0. The molecule has 14 nitrogen and oxygen atoms in total. The van der Waals surface area contributed by atoms with Gasteiger partial charge in [-0.1, -0.05) is 18.7 Å². The van der Waals surface area contributed by atoms with Crippen LogP contribution >= 0.6 is 0 Å². The van der Waals surface area contributed by atoms with E-state index >= 15 is 0 Å². The van der Waals surface area contributed by atoms with E-state index in [0.29, 0.717) is 41.6 Å². The third kappa shape index (κ3) is 6.82. The minimum Gasteiger partial charge on any atom is -0.493 e. The monoisotopic (exact) mass is 733 g/mol. The summed E-state index contributed by atoms with van der Waals surface area (Å²) >= 11 is 0. The number of alkyl carbamates (subject to hydrolysis) is 1. The fraction of sp³-hybridized carbons (Fsp3) is 0.564. The molecule has 286 valence electrons. The molecule has 14 heteroatoms. The molecule has 6 rings (SSSR count). The molecule has 2 amide bonds. The van der Waals surface area contributed by atoms with Crippen molar-refractivity contribution >= 4 is 12.0 Å². The minimum absolute atomic E-state index is 0.0231. The molecule has 4 aliphatic heterocycles. The summed E-state index contributed by atoms with van der Waals surface area (Å²) in [4.78, 5) is 30.7. The molecule has 0 radical (unpaired) electrons. The zero-order valence-electron chi connectivity index (χ0n) is 32.1. The second kappa shape index (κ2) is 15.0. The number of carbonyl (C=O) groups is 2. The quantitative estimate of drug-likeness (QED) is 0.249. The number of hydrogen-bond acceptors (Lipinski definition) is 12. The van der Waals surface area contributed by atoms with Crippen molar-refractivity contribution in [2.45, 2.75) is 96.2 Å². The zero-order chi connectivity index (χ0) is 38.4. The Bertz CT molecular complexity index is 1820. The van der Waals surface area contributed by atoms with Gasteiger partial charge in [0.05, 0.1) is 25.3 Å². The Balaban J connectivity index is 1.50. The van der Waals surface area contributed by atoms with Crippen LogP contribution in [0.25, 0.3) is 0 Å². The van der Waals surface area contributed by atoms with Crippen LogP contribution < -0.4 is 34.3 Å². The largest absolute Gasteiger partial charge is 0.493 e. The molecule has 0 aliphatic carbocycles. The number of amides is 2. The number of likely N-dealkylation sites (N-methyl/N-ethyl adjacent to an activating group) is 1. The molecule has 2 bridgehead atoms. The standard InChI is InChI=1S/C39H51N5O9/c1-11-12-49-33-21(3)34-36(52-19-51-34)30-24(33)15-26-31-29-23(13-20(2)32(48-10)35(29)50-18-47-9)14-25(43(31)8)27(16-40)44(26)28(30)17-41-37(45)22(4)42-38(46)53-39(5,6)7/h11,13,22,25-28,31H,1,12,14-15,17-19H2,2-10H3,(H,41,45)(H,42,46)/t22-,25-,26-,27-,28-,31-/m0/s1. The zero-order valence-corrected chi connectivity index (χ0v) is 32.1. The van der Waals surface area contributed by atoms with Crippen LogP contribution in [0.1, 0.15) is 73.2 Å². The van der Waals surface area contributed by atoms with Crippen LogP contribution in [0.4, 0.5) is 4.79 Å². The first-order valence-electron chi connectivity index (χ1n) is 17.9. The summed E-state index contributed by atoms with van der Waals surface area (Å²) in [6.07, 6.45) is 2.07.